The van der Waals surface area contributed by atoms with Crippen molar-refractivity contribution in [3.05, 3.63) is 76.5 Å². The van der Waals surface area contributed by atoms with E-state index in [0.29, 0.717) is 0 Å². The zero-order chi connectivity index (χ0) is 31.2. The molecular formula is C41H50NO+. The van der Waals surface area contributed by atoms with Gasteiger partial charge in [-0.3, -0.25) is 0 Å². The molecule has 2 heterocycles. The molecule has 43 heavy (non-hydrogen) atoms. The van der Waals surface area contributed by atoms with Crippen LogP contribution in [-0.2, 0) is 26.3 Å². The van der Waals surface area contributed by atoms with Gasteiger partial charge < -0.3 is 4.74 Å². The van der Waals surface area contributed by atoms with Crippen molar-refractivity contribution in [2.45, 2.75) is 95.4 Å². The van der Waals surface area contributed by atoms with Crippen molar-refractivity contribution < 1.29 is 9.30 Å². The van der Waals surface area contributed by atoms with E-state index in [-0.39, 0.29) is 16.2 Å². The summed E-state index contributed by atoms with van der Waals surface area (Å²) in [4.78, 5) is 0. The summed E-state index contributed by atoms with van der Waals surface area (Å²) in [5, 5.41) is 7.82. The van der Waals surface area contributed by atoms with Crippen LogP contribution in [0, 0.1) is 30.1 Å². The fraction of sp³-hybridized carbons (Fsp3) is 0.439. The summed E-state index contributed by atoms with van der Waals surface area (Å²) < 4.78 is 9.52. The molecule has 0 fully saturated rings. The number of pyridine rings is 1. The minimum absolute atomic E-state index is 0.109. The fourth-order valence-electron chi connectivity index (χ4n) is 7.32. The Balaban J connectivity index is 1.73. The van der Waals surface area contributed by atoms with Gasteiger partial charge in [-0.25, -0.2) is 4.57 Å². The first-order chi connectivity index (χ1) is 19.9. The molecule has 0 amide bonds. The van der Waals surface area contributed by atoms with Crippen LogP contribution in [0.25, 0.3) is 43.6 Å². The van der Waals surface area contributed by atoms with Gasteiger partial charge in [-0.15, -0.1) is 0 Å². The lowest BCUT2D eigenvalue weighted by Gasteiger charge is -2.29. The molecule has 4 aromatic carbocycles. The minimum Gasteiger partial charge on any atom is -0.455 e. The highest BCUT2D eigenvalue weighted by molar-refractivity contribution is 6.17. The Morgan fingerprint density at radius 1 is 0.628 bits per heavy atom. The van der Waals surface area contributed by atoms with E-state index in [4.69, 9.17) is 4.74 Å². The van der Waals surface area contributed by atoms with E-state index in [2.05, 4.69) is 136 Å². The maximum Gasteiger partial charge on any atom is 0.228 e. The molecule has 0 atom stereocenters. The first-order valence-corrected chi connectivity index (χ1v) is 16.1. The standard InChI is InChI=1S/C41H50NO/c1-24-13-15-27-29-17-18-42(12)37-35-25(2)30-19-26(21-39(3,4)5)14-16-28(30)33(23-41(9,10)11)38(35)43-34(36(29)37)20-31(27)32(24)22-40(6,7)8/h13-20H,21-23H2,1-12H3/q+1. The molecule has 5 aromatic rings. The van der Waals surface area contributed by atoms with E-state index < -0.39 is 0 Å². The molecule has 0 unspecified atom stereocenters. The Morgan fingerprint density at radius 2 is 1.26 bits per heavy atom. The van der Waals surface area contributed by atoms with Gasteiger partial charge in [0.15, 0.2) is 6.20 Å². The number of hydrogen-bond acceptors (Lipinski definition) is 1. The van der Waals surface area contributed by atoms with Gasteiger partial charge in [0.05, 0.1) is 10.9 Å². The number of benzene rings is 4. The molecule has 0 saturated carbocycles. The Morgan fingerprint density at radius 3 is 1.91 bits per heavy atom. The maximum atomic E-state index is 7.20. The van der Waals surface area contributed by atoms with Crippen LogP contribution >= 0.6 is 0 Å². The maximum absolute atomic E-state index is 7.20. The highest BCUT2D eigenvalue weighted by atomic mass is 16.5. The molecule has 224 valence electrons. The number of hydrogen-bond donors (Lipinski definition) is 0. The van der Waals surface area contributed by atoms with Gasteiger partial charge in [-0.2, -0.15) is 0 Å². The van der Waals surface area contributed by atoms with Crippen molar-refractivity contribution in [1.29, 1.82) is 0 Å². The van der Waals surface area contributed by atoms with Gasteiger partial charge in [0, 0.05) is 17.0 Å². The number of aryl methyl sites for hydroxylation is 3. The van der Waals surface area contributed by atoms with Crippen LogP contribution in [0.1, 0.15) is 90.1 Å². The van der Waals surface area contributed by atoms with Gasteiger partial charge >= 0.3 is 0 Å². The second-order valence-electron chi connectivity index (χ2n) is 16.9. The van der Waals surface area contributed by atoms with Gasteiger partial charge in [-0.1, -0.05) is 92.6 Å². The van der Waals surface area contributed by atoms with E-state index in [1.165, 1.54) is 71.4 Å². The van der Waals surface area contributed by atoms with Gasteiger partial charge in [0.25, 0.3) is 0 Å². The molecule has 0 bridgehead atoms. The molecule has 1 aliphatic heterocycles. The largest absolute Gasteiger partial charge is 0.455 e. The third kappa shape index (κ3) is 5.32. The number of rotatable bonds is 3. The summed E-state index contributed by atoms with van der Waals surface area (Å²) in [5.74, 6) is 2.03. The summed E-state index contributed by atoms with van der Waals surface area (Å²) in [7, 11) is 2.20. The Kier molecular flexibility index (Phi) is 6.77. The van der Waals surface area contributed by atoms with E-state index in [9.17, 15) is 0 Å². The van der Waals surface area contributed by atoms with Crippen molar-refractivity contribution in [2.75, 3.05) is 0 Å². The Labute approximate surface area is 259 Å². The number of fused-ring (bicyclic) bond motifs is 5. The number of ether oxygens (including phenoxy) is 1. The van der Waals surface area contributed by atoms with Gasteiger partial charge in [-0.05, 0) is 99.2 Å². The lowest BCUT2D eigenvalue weighted by atomic mass is 9.80. The highest BCUT2D eigenvalue weighted by Gasteiger charge is 2.35. The van der Waals surface area contributed by atoms with Crippen molar-refractivity contribution in [2.24, 2.45) is 23.3 Å². The van der Waals surface area contributed by atoms with E-state index >= 15 is 0 Å². The molecule has 6 rings (SSSR count). The topological polar surface area (TPSA) is 13.1 Å². The third-order valence-electron chi connectivity index (χ3n) is 9.01. The molecular weight excluding hydrogens is 522 g/mol. The monoisotopic (exact) mass is 572 g/mol. The summed E-state index contributed by atoms with van der Waals surface area (Å²) in [5.41, 5.74) is 9.87. The summed E-state index contributed by atoms with van der Waals surface area (Å²) >= 11 is 0. The Bertz CT molecular complexity index is 1940. The molecule has 1 aromatic heterocycles. The second-order valence-corrected chi connectivity index (χ2v) is 16.9. The molecule has 0 radical (unpaired) electrons. The van der Waals surface area contributed by atoms with Crippen LogP contribution in [0.3, 0.4) is 0 Å². The van der Waals surface area contributed by atoms with E-state index in [1.54, 1.807) is 0 Å². The van der Waals surface area contributed by atoms with E-state index in [1.807, 2.05) is 0 Å². The van der Waals surface area contributed by atoms with Gasteiger partial charge in [0.2, 0.25) is 5.69 Å². The number of nitrogens with zero attached hydrogens (tertiary/aromatic N) is 1. The Hall–Kier alpha value is -3.39. The van der Waals surface area contributed by atoms with Gasteiger partial charge in [0.1, 0.15) is 18.5 Å². The third-order valence-corrected chi connectivity index (χ3v) is 9.01. The first kappa shape index (κ1) is 29.7. The normalized spacial score (nSPS) is 13.6. The number of aromatic nitrogens is 1. The first-order valence-electron chi connectivity index (χ1n) is 16.1. The van der Waals surface area contributed by atoms with Crippen molar-refractivity contribution in [1.82, 2.24) is 0 Å². The fourth-order valence-corrected chi connectivity index (χ4v) is 7.32. The lowest BCUT2D eigenvalue weighted by Crippen LogP contribution is -2.32. The molecule has 2 nitrogen and oxygen atoms in total. The molecule has 0 saturated heterocycles. The predicted octanol–water partition coefficient (Wildman–Crippen LogP) is 11.1. The summed E-state index contributed by atoms with van der Waals surface area (Å²) in [6.07, 6.45) is 5.28. The SMILES string of the molecule is Cc1ccc2c(cc3c4c([n+](C)ccc42)-c2c(c(CC(C)(C)C)c4ccc(CC(C)(C)C)cc4c2C)O3)c1CC(C)(C)C. The quantitative estimate of drug-likeness (QED) is 0.152. The van der Waals surface area contributed by atoms with Crippen LogP contribution in [0.2, 0.25) is 0 Å². The summed E-state index contributed by atoms with van der Waals surface area (Å²) in [6, 6.07) is 16.5. The van der Waals surface area contributed by atoms with Crippen LogP contribution in [0.15, 0.2) is 48.7 Å². The lowest BCUT2D eigenvalue weighted by molar-refractivity contribution is -0.659. The van der Waals surface area contributed by atoms with Crippen molar-refractivity contribution in [3.63, 3.8) is 0 Å². The van der Waals surface area contributed by atoms with Crippen LogP contribution in [0.5, 0.6) is 11.5 Å². The smallest absolute Gasteiger partial charge is 0.228 e. The van der Waals surface area contributed by atoms with Crippen LogP contribution in [-0.4, -0.2) is 0 Å². The minimum atomic E-state index is 0.109. The molecule has 1 aliphatic rings. The zero-order valence-corrected chi connectivity index (χ0v) is 28.6. The average Bonchev–Trinajstić information content (AvgIpc) is 2.87. The molecule has 2 heteroatoms. The molecule has 0 N–H and O–H groups in total. The predicted molar refractivity (Wildman–Crippen MR) is 185 cm³/mol. The van der Waals surface area contributed by atoms with E-state index in [0.717, 1.165) is 30.8 Å². The van der Waals surface area contributed by atoms with Crippen LogP contribution in [0.4, 0.5) is 0 Å². The molecule has 0 spiro atoms. The van der Waals surface area contributed by atoms with Crippen LogP contribution < -0.4 is 9.30 Å². The summed E-state index contributed by atoms with van der Waals surface area (Å²) in [6.45, 7) is 25.6. The second kappa shape index (κ2) is 9.81. The highest BCUT2D eigenvalue weighted by Crippen LogP contribution is 2.53. The zero-order valence-electron chi connectivity index (χ0n) is 28.6. The van der Waals surface area contributed by atoms with Crippen molar-refractivity contribution >= 4 is 32.3 Å². The average molecular weight is 573 g/mol. The molecule has 0 aliphatic carbocycles. The van der Waals surface area contributed by atoms with Crippen molar-refractivity contribution in [3.8, 4) is 22.8 Å².